The molecule has 0 N–H and O–H groups in total. The van der Waals surface area contributed by atoms with Crippen LogP contribution in [-0.2, 0) is 36.1 Å². The molecule has 0 saturated heterocycles. The van der Waals surface area contributed by atoms with Gasteiger partial charge in [-0.15, -0.1) is 43.0 Å². The Balaban J connectivity index is 0. The maximum absolute atomic E-state index is 11.5. The van der Waals surface area contributed by atoms with Crippen LogP contribution in [0.3, 0.4) is 0 Å². The van der Waals surface area contributed by atoms with E-state index in [1.54, 1.807) is 19.3 Å². The first-order chi connectivity index (χ1) is 14.0. The molecule has 0 aromatic rings. The monoisotopic (exact) mass is 540 g/mol. The molecule has 0 amide bonds. The van der Waals surface area contributed by atoms with Gasteiger partial charge in [-0.2, -0.15) is 17.7 Å². The number of hydrogen-bond acceptors (Lipinski definition) is 10. The minimum atomic E-state index is -4.47. The first kappa shape index (κ1) is 35.3. The standard InChI is InChI=1S/C17H12O4S.3Na.2O3S/c1-21-14-8-4-10-2-3-11-5-9-15(22(18,19)20)13-7-6-12(14)16(10)17(11)13;;;;2*1-4(2)3/h2-3,6-9,15-16H,1H3,(H,18,19,20);;;;;/q-2;3*+1;;/p-1. The van der Waals surface area contributed by atoms with Crippen LogP contribution in [0.1, 0.15) is 0 Å². The topological polar surface area (TPSA) is 169 Å². The van der Waals surface area contributed by atoms with Crippen molar-refractivity contribution in [3.8, 4) is 0 Å². The fraction of sp³-hybridized carbons (Fsp3) is 0.176. The smallest absolute Gasteiger partial charge is 0.747 e. The summed E-state index contributed by atoms with van der Waals surface area (Å²) in [6.07, 6.45) is 16.6. The van der Waals surface area contributed by atoms with E-state index in [0.717, 1.165) is 22.3 Å². The van der Waals surface area contributed by atoms with Gasteiger partial charge in [0.15, 0.2) is 0 Å². The molecule has 16 heteroatoms. The van der Waals surface area contributed by atoms with Crippen molar-refractivity contribution in [2.75, 3.05) is 7.11 Å². The molecule has 4 aliphatic rings. The third kappa shape index (κ3) is 9.26. The molecular weight excluding hydrogens is 529 g/mol. The van der Waals surface area contributed by atoms with Crippen molar-refractivity contribution in [3.63, 3.8) is 0 Å². The number of ether oxygens (including phenoxy) is 1. The van der Waals surface area contributed by atoms with Crippen molar-refractivity contribution >= 4 is 31.3 Å². The Hall–Kier alpha value is 0.130. The molecule has 33 heavy (non-hydrogen) atoms. The summed E-state index contributed by atoms with van der Waals surface area (Å²) in [7, 11) is -9.10. The molecule has 0 spiro atoms. The molecule has 10 nitrogen and oxygen atoms in total. The van der Waals surface area contributed by atoms with Gasteiger partial charge in [-0.3, -0.25) is 0 Å². The molecule has 0 fully saturated rings. The number of rotatable bonds is 2. The molecule has 0 bridgehead atoms. The zero-order valence-corrected chi connectivity index (χ0v) is 26.4. The van der Waals surface area contributed by atoms with Crippen LogP contribution < -0.4 is 88.7 Å². The van der Waals surface area contributed by atoms with E-state index in [4.69, 9.17) is 30.0 Å². The molecule has 0 saturated carbocycles. The molecule has 0 aliphatic heterocycles. The van der Waals surface area contributed by atoms with Gasteiger partial charge in [0.25, 0.3) is 0 Å². The third-order valence-electron chi connectivity index (χ3n) is 4.27. The Labute approximate surface area is 260 Å². The summed E-state index contributed by atoms with van der Waals surface area (Å²) in [4.78, 5) is 0. The van der Waals surface area contributed by atoms with Crippen LogP contribution >= 0.6 is 0 Å². The minimum Gasteiger partial charge on any atom is -0.747 e. The van der Waals surface area contributed by atoms with Gasteiger partial charge < -0.3 is 9.29 Å². The van der Waals surface area contributed by atoms with Crippen molar-refractivity contribution in [2.24, 2.45) is 5.92 Å². The maximum atomic E-state index is 11.5. The van der Waals surface area contributed by atoms with Crippen LogP contribution in [0, 0.1) is 18.1 Å². The molecule has 2 atom stereocenters. The molecular formula is C17H11Na3O10S3. The first-order valence-electron chi connectivity index (χ1n) is 7.77. The van der Waals surface area contributed by atoms with Crippen molar-refractivity contribution in [3.05, 3.63) is 82.2 Å². The van der Waals surface area contributed by atoms with E-state index in [9.17, 15) is 13.0 Å². The summed E-state index contributed by atoms with van der Waals surface area (Å²) in [5.41, 5.74) is 4.03. The second-order valence-corrected chi connectivity index (χ2v) is 8.09. The van der Waals surface area contributed by atoms with Gasteiger partial charge in [-0.25, -0.2) is 26.1 Å². The second-order valence-electron chi connectivity index (χ2n) is 5.78. The SMILES string of the molecule is COC1=C[C-]=C2C=CC3=C4C(=CC=C1C24)C(S(=O)(=O)[O-])C=[C-]3.O=S(=O)=O.O=S(=O)=O.[Na+].[Na+].[Na+]. The average molecular weight is 540 g/mol. The van der Waals surface area contributed by atoms with Gasteiger partial charge in [0.1, 0.15) is 10.1 Å². The van der Waals surface area contributed by atoms with Gasteiger partial charge in [-0.05, 0) is 5.92 Å². The Morgan fingerprint density at radius 3 is 1.94 bits per heavy atom. The predicted molar refractivity (Wildman–Crippen MR) is 98.4 cm³/mol. The largest absolute Gasteiger partial charge is 1.00 e. The second kappa shape index (κ2) is 15.3. The van der Waals surface area contributed by atoms with Crippen LogP contribution in [0.15, 0.2) is 70.1 Å². The van der Waals surface area contributed by atoms with E-state index in [-0.39, 0.29) is 94.6 Å². The van der Waals surface area contributed by atoms with Crippen LogP contribution in [-0.4, -0.2) is 50.6 Å². The van der Waals surface area contributed by atoms with Crippen LogP contribution in [0.25, 0.3) is 0 Å². The summed E-state index contributed by atoms with van der Waals surface area (Å²) in [6, 6.07) is 0. The number of methoxy groups -OCH3 is 1. The van der Waals surface area contributed by atoms with Crippen LogP contribution in [0.5, 0.6) is 0 Å². The van der Waals surface area contributed by atoms with E-state index in [1.165, 1.54) is 6.08 Å². The third-order valence-corrected chi connectivity index (χ3v) is 5.28. The number of allylic oxidation sites excluding steroid dienone is 11. The van der Waals surface area contributed by atoms with Gasteiger partial charge in [-0.1, -0.05) is 23.3 Å². The molecule has 0 heterocycles. The molecule has 4 rings (SSSR count). The average Bonchev–Trinajstić information content (AvgIpc) is 2.64. The van der Waals surface area contributed by atoms with E-state index < -0.39 is 36.6 Å². The summed E-state index contributed by atoms with van der Waals surface area (Å²) in [6.45, 7) is 0. The van der Waals surface area contributed by atoms with Gasteiger partial charge in [0.2, 0.25) is 0 Å². The zero-order chi connectivity index (χ0) is 22.6. The molecule has 160 valence electrons. The van der Waals surface area contributed by atoms with Gasteiger partial charge >= 0.3 is 110 Å². The molecule has 2 unspecified atom stereocenters. The Kier molecular flexibility index (Phi) is 16.3. The van der Waals surface area contributed by atoms with Gasteiger partial charge in [0.05, 0.1) is 12.4 Å². The Bertz CT molecular complexity index is 1270. The minimum absolute atomic E-state index is 0. The first-order valence-corrected chi connectivity index (χ1v) is 11.2. The summed E-state index contributed by atoms with van der Waals surface area (Å²) in [5, 5.41) is -1.19. The molecule has 0 aromatic carbocycles. The number of hydrogen-bond donors (Lipinski definition) is 0. The zero-order valence-electron chi connectivity index (χ0n) is 17.9. The molecule has 0 radical (unpaired) electrons. The summed E-state index contributed by atoms with van der Waals surface area (Å²) < 4.78 is 90.7. The summed E-state index contributed by atoms with van der Waals surface area (Å²) in [5.74, 6) is 0.549. The van der Waals surface area contributed by atoms with Crippen molar-refractivity contribution in [1.82, 2.24) is 0 Å². The van der Waals surface area contributed by atoms with E-state index >= 15 is 0 Å². The quantitative estimate of drug-likeness (QED) is 0.186. The van der Waals surface area contributed by atoms with E-state index in [1.807, 2.05) is 18.2 Å². The van der Waals surface area contributed by atoms with Crippen LogP contribution in [0.4, 0.5) is 0 Å². The fourth-order valence-corrected chi connectivity index (χ4v) is 4.07. The van der Waals surface area contributed by atoms with E-state index in [0.29, 0.717) is 11.3 Å². The normalized spacial score (nSPS) is 20.4. The predicted octanol–water partition coefficient (Wildman–Crippen LogP) is -9.10. The van der Waals surface area contributed by atoms with Crippen molar-refractivity contribution in [2.45, 2.75) is 5.25 Å². The van der Waals surface area contributed by atoms with Crippen molar-refractivity contribution < 1.29 is 132 Å². The Morgan fingerprint density at radius 1 is 0.939 bits per heavy atom. The van der Waals surface area contributed by atoms with Gasteiger partial charge in [0, 0.05) is 5.76 Å². The van der Waals surface area contributed by atoms with Crippen LogP contribution in [0.2, 0.25) is 0 Å². The maximum Gasteiger partial charge on any atom is 1.00 e. The van der Waals surface area contributed by atoms with Crippen molar-refractivity contribution in [1.29, 1.82) is 0 Å². The van der Waals surface area contributed by atoms with E-state index in [2.05, 4.69) is 12.2 Å². The molecule has 0 aromatic heterocycles. The fourth-order valence-electron chi connectivity index (χ4n) is 3.31. The summed E-state index contributed by atoms with van der Waals surface area (Å²) >= 11 is 0. The Morgan fingerprint density at radius 2 is 1.45 bits per heavy atom. The molecule has 4 aliphatic carbocycles.